The van der Waals surface area contributed by atoms with Crippen molar-refractivity contribution in [2.75, 3.05) is 61.7 Å². The van der Waals surface area contributed by atoms with E-state index >= 15 is 0 Å². The fraction of sp³-hybridized carbons (Fsp3) is 0.317. The lowest BCUT2D eigenvalue weighted by Crippen LogP contribution is -2.35. The Balaban J connectivity index is 1.73. The zero-order valence-corrected chi connectivity index (χ0v) is 36.7. The van der Waals surface area contributed by atoms with Crippen molar-refractivity contribution in [1.29, 1.82) is 0 Å². The van der Waals surface area contributed by atoms with Gasteiger partial charge in [0.2, 0.25) is 5.75 Å². The van der Waals surface area contributed by atoms with Crippen molar-refractivity contribution >= 4 is 47.7 Å². The summed E-state index contributed by atoms with van der Waals surface area (Å²) in [5.41, 5.74) is 3.80. The summed E-state index contributed by atoms with van der Waals surface area (Å²) in [5, 5.41) is 10.8. The zero-order chi connectivity index (χ0) is 44.7. The van der Waals surface area contributed by atoms with Crippen LogP contribution in [0.3, 0.4) is 0 Å². The van der Waals surface area contributed by atoms with Gasteiger partial charge in [0.25, 0.3) is 30.3 Å². The van der Waals surface area contributed by atoms with Crippen LogP contribution >= 0.6 is 0 Å². The number of aryl methyl sites for hydroxylation is 1. The number of hydrogen-bond acceptors (Lipinski definition) is 13. The second-order valence-corrected chi connectivity index (χ2v) is 18.8. The van der Waals surface area contributed by atoms with E-state index < -0.39 is 47.8 Å². The van der Waals surface area contributed by atoms with E-state index in [-0.39, 0.29) is 57.8 Å². The van der Waals surface area contributed by atoms with Crippen LogP contribution in [-0.2, 0) is 30.3 Å². The summed E-state index contributed by atoms with van der Waals surface area (Å²) < 4.78 is 106. The molecule has 0 saturated heterocycles. The first-order valence-corrected chi connectivity index (χ1v) is 23.8. The number of amides is 1. The Labute approximate surface area is 356 Å². The molecule has 1 aromatic heterocycles. The van der Waals surface area contributed by atoms with Crippen LogP contribution in [0.4, 0.5) is 16.2 Å². The second-order valence-electron chi connectivity index (χ2n) is 14.0. The van der Waals surface area contributed by atoms with Gasteiger partial charge in [-0.3, -0.25) is 9.11 Å². The molecule has 0 unspecified atom stereocenters. The number of imidazole rings is 1. The molecule has 5 rings (SSSR count). The minimum atomic E-state index is -4.45. The molecule has 61 heavy (non-hydrogen) atoms. The summed E-state index contributed by atoms with van der Waals surface area (Å²) in [6, 6.07) is 21.7. The topological polar surface area (TPSA) is 235 Å². The molecule has 0 spiro atoms. The molecule has 0 aliphatic carbocycles. The maximum absolute atomic E-state index is 14.7. The van der Waals surface area contributed by atoms with Crippen LogP contribution < -0.4 is 24.0 Å². The summed E-state index contributed by atoms with van der Waals surface area (Å²) >= 11 is 0. The van der Waals surface area contributed by atoms with Crippen LogP contribution in [0.2, 0.25) is 0 Å². The lowest BCUT2D eigenvalue weighted by Gasteiger charge is -2.23. The quantitative estimate of drug-likeness (QED) is 0.0689. The highest BCUT2D eigenvalue weighted by Crippen LogP contribution is 2.43. The number of nitrogens with zero attached hydrogens (tertiary/aromatic N) is 4. The van der Waals surface area contributed by atoms with Gasteiger partial charge >= 0.3 is 6.03 Å². The molecular weight excluding hydrogens is 851 g/mol. The van der Waals surface area contributed by atoms with Crippen LogP contribution in [0, 0.1) is 6.92 Å². The van der Waals surface area contributed by atoms with Crippen LogP contribution in [-0.4, -0.2) is 107 Å². The molecule has 0 bridgehead atoms. The van der Waals surface area contributed by atoms with E-state index in [0.29, 0.717) is 43.0 Å². The SMILES string of the molecule is CCN(CCCS(=O)(=O)O)c1ccc(-c2nc(-c3cc(OC)c(O)c(OC)c3)n(C(=O)NS(=O)(=O)c3ccc(C)cc3)c2-c2ccc(N(CC)CCCS(=O)(=O)O)cc2)cc1. The summed E-state index contributed by atoms with van der Waals surface area (Å²) in [6.45, 7) is 7.24. The first-order chi connectivity index (χ1) is 28.8. The van der Waals surface area contributed by atoms with Gasteiger partial charge in [0.15, 0.2) is 11.5 Å². The van der Waals surface area contributed by atoms with Gasteiger partial charge in [0, 0.05) is 54.2 Å². The Morgan fingerprint density at radius 2 is 1.16 bits per heavy atom. The van der Waals surface area contributed by atoms with Gasteiger partial charge < -0.3 is 24.4 Å². The van der Waals surface area contributed by atoms with Crippen LogP contribution in [0.1, 0.15) is 32.3 Å². The van der Waals surface area contributed by atoms with E-state index in [4.69, 9.17) is 14.5 Å². The first-order valence-electron chi connectivity index (χ1n) is 19.1. The molecule has 0 atom stereocenters. The number of phenolic OH excluding ortho intramolecular Hbond substituents is 1. The number of carbonyl (C=O) groups is 1. The summed E-state index contributed by atoms with van der Waals surface area (Å²) in [5.74, 6) is -1.23. The lowest BCUT2D eigenvalue weighted by atomic mass is 10.0. The van der Waals surface area contributed by atoms with Crippen molar-refractivity contribution < 1.29 is 53.7 Å². The van der Waals surface area contributed by atoms with E-state index in [1.54, 1.807) is 67.6 Å². The molecule has 1 heterocycles. The maximum Gasteiger partial charge on any atom is 0.341 e. The molecule has 0 aliphatic heterocycles. The van der Waals surface area contributed by atoms with Crippen molar-refractivity contribution in [3.05, 3.63) is 90.5 Å². The molecule has 17 nitrogen and oxygen atoms in total. The summed E-state index contributed by atoms with van der Waals surface area (Å²) in [4.78, 5) is 23.3. The average molecular weight is 900 g/mol. The minimum Gasteiger partial charge on any atom is -0.502 e. The van der Waals surface area contributed by atoms with E-state index in [1.807, 2.05) is 23.6 Å². The number of methoxy groups -OCH3 is 2. The number of rotatable bonds is 19. The molecule has 4 N–H and O–H groups in total. The van der Waals surface area contributed by atoms with E-state index in [2.05, 4.69) is 4.72 Å². The van der Waals surface area contributed by atoms with Gasteiger partial charge in [-0.25, -0.2) is 27.5 Å². The highest BCUT2D eigenvalue weighted by Gasteiger charge is 2.30. The third kappa shape index (κ3) is 11.6. The van der Waals surface area contributed by atoms with Crippen molar-refractivity contribution in [2.24, 2.45) is 0 Å². The van der Waals surface area contributed by atoms with Gasteiger partial charge in [0.05, 0.1) is 42.0 Å². The third-order valence-electron chi connectivity index (χ3n) is 9.81. The zero-order valence-electron chi connectivity index (χ0n) is 34.3. The molecule has 0 fully saturated rings. The fourth-order valence-corrected chi connectivity index (χ4v) is 8.64. The van der Waals surface area contributed by atoms with E-state index in [1.165, 1.54) is 38.5 Å². The first kappa shape index (κ1) is 46.4. The average Bonchev–Trinajstić information content (AvgIpc) is 3.62. The van der Waals surface area contributed by atoms with Gasteiger partial charge in [0.1, 0.15) is 5.82 Å². The largest absolute Gasteiger partial charge is 0.502 e. The normalized spacial score (nSPS) is 11.9. The van der Waals surface area contributed by atoms with Crippen molar-refractivity contribution in [3.63, 3.8) is 0 Å². The molecule has 5 aromatic rings. The number of phenols is 1. The molecular formula is C41H49N5O12S3. The molecule has 0 radical (unpaired) electrons. The maximum atomic E-state index is 14.7. The Kier molecular flexibility index (Phi) is 14.7. The van der Waals surface area contributed by atoms with Gasteiger partial charge in [-0.1, -0.05) is 42.0 Å². The third-order valence-corrected chi connectivity index (χ3v) is 12.8. The van der Waals surface area contributed by atoms with Gasteiger partial charge in [-0.15, -0.1) is 0 Å². The van der Waals surface area contributed by atoms with E-state index in [9.17, 15) is 44.3 Å². The van der Waals surface area contributed by atoms with Gasteiger partial charge in [-0.05, 0) is 82.1 Å². The fourth-order valence-electron chi connectivity index (χ4n) is 6.71. The predicted molar refractivity (Wildman–Crippen MR) is 233 cm³/mol. The minimum absolute atomic E-state index is 0.0179. The Hall–Kier alpha value is -5.67. The van der Waals surface area contributed by atoms with Crippen molar-refractivity contribution in [3.8, 4) is 51.2 Å². The Morgan fingerprint density at radius 3 is 1.59 bits per heavy atom. The Morgan fingerprint density at radius 1 is 0.705 bits per heavy atom. The second kappa shape index (κ2) is 19.4. The van der Waals surface area contributed by atoms with Crippen LogP contribution in [0.5, 0.6) is 17.2 Å². The number of nitrogens with one attached hydrogen (secondary N) is 1. The van der Waals surface area contributed by atoms with Gasteiger partial charge in [-0.2, -0.15) is 16.8 Å². The highest BCUT2D eigenvalue weighted by molar-refractivity contribution is 7.90. The molecule has 20 heteroatoms. The number of benzene rings is 4. The summed E-state index contributed by atoms with van der Waals surface area (Å²) in [7, 11) is -10.1. The summed E-state index contributed by atoms with van der Waals surface area (Å²) in [6.07, 6.45) is 0.342. The van der Waals surface area contributed by atoms with Crippen molar-refractivity contribution in [2.45, 2.75) is 38.5 Å². The van der Waals surface area contributed by atoms with E-state index in [0.717, 1.165) is 15.8 Å². The predicted octanol–water partition coefficient (Wildman–Crippen LogP) is 6.07. The van der Waals surface area contributed by atoms with Crippen molar-refractivity contribution in [1.82, 2.24) is 14.3 Å². The molecule has 0 aliphatic rings. The standard InChI is InChI=1S/C41H49N5O12S3/c1-6-44(22-8-24-59(49,50)51)32-16-12-29(13-17-32)37-38(30-14-18-33(19-15-30)45(7-2)23-9-25-60(52,53)54)46(41(48)43-61(55,56)34-20-10-28(3)11-21-34)40(42-37)31-26-35(57-4)39(47)36(27-31)58-5/h10-21,26-27,47H,6-9,22-25H2,1-5H3,(H,43,48)(H,49,50,51)(H,52,53,54). The molecule has 0 saturated carbocycles. The number of anilines is 2. The number of aromatic hydroxyl groups is 1. The van der Waals surface area contributed by atoms with Crippen LogP contribution in [0.15, 0.2) is 89.8 Å². The number of aromatic nitrogens is 2. The number of hydrogen-bond donors (Lipinski definition) is 4. The smallest absolute Gasteiger partial charge is 0.341 e. The molecule has 1 amide bonds. The number of ether oxygens (including phenoxy) is 2. The molecule has 328 valence electrons. The lowest BCUT2D eigenvalue weighted by molar-refractivity contribution is 0.248. The number of carbonyl (C=O) groups excluding carboxylic acids is 1. The molecule has 4 aromatic carbocycles. The highest BCUT2D eigenvalue weighted by atomic mass is 32.2. The monoisotopic (exact) mass is 899 g/mol. The number of sulfonamides is 1. The Bertz CT molecular complexity index is 2650. The van der Waals surface area contributed by atoms with Crippen LogP contribution in [0.25, 0.3) is 33.9 Å².